The van der Waals surface area contributed by atoms with E-state index in [4.69, 9.17) is 10.2 Å². The number of aromatic nitrogens is 4. The SMILES string of the molecule is CNc1cc(NC)c(-c2cccc3c(C(C)C(=O)C(C)c4c5cccc(-c6c(NC)cc(NC)cc6NC)c5nn4C)n(C)nc23)c(NC)c1. The molecule has 6 aromatic rings. The Hall–Kier alpha value is -5.71. The first-order valence-corrected chi connectivity index (χ1v) is 17.0. The molecule has 11 nitrogen and oxygen atoms in total. The number of ketones is 1. The van der Waals surface area contributed by atoms with Crippen LogP contribution in [0.15, 0.2) is 60.7 Å². The van der Waals surface area contributed by atoms with Gasteiger partial charge in [0.25, 0.3) is 0 Å². The molecule has 0 spiro atoms. The Morgan fingerprint density at radius 2 is 0.900 bits per heavy atom. The summed E-state index contributed by atoms with van der Waals surface area (Å²) < 4.78 is 3.74. The summed E-state index contributed by atoms with van der Waals surface area (Å²) in [6, 6.07) is 20.8. The van der Waals surface area contributed by atoms with Gasteiger partial charge in [0.15, 0.2) is 0 Å². The van der Waals surface area contributed by atoms with E-state index in [1.165, 1.54) is 0 Å². The standard InChI is InChI=1S/C39H48N10O/c1-21(37-27-15-11-13-25(35(27)46-48(37)9)33-29(42-5)17-23(40-3)18-30(33)43-6)39(50)22(2)38-28-16-12-14-26(36(28)47-49(38)10)34-31(44-7)19-24(41-4)20-32(34)45-8/h11-22,40-45H,1-10H3. The zero-order valence-electron chi connectivity index (χ0n) is 30.6. The summed E-state index contributed by atoms with van der Waals surface area (Å²) in [5, 5.41) is 31.9. The summed E-state index contributed by atoms with van der Waals surface area (Å²) in [5.74, 6) is -0.752. The number of hydrogen-bond acceptors (Lipinski definition) is 9. The molecule has 0 aliphatic heterocycles. The Balaban J connectivity index is 1.43. The monoisotopic (exact) mass is 672 g/mol. The fourth-order valence-electron chi connectivity index (χ4n) is 7.49. The van der Waals surface area contributed by atoms with Gasteiger partial charge in [0.2, 0.25) is 0 Å². The van der Waals surface area contributed by atoms with Crippen LogP contribution < -0.4 is 31.9 Å². The summed E-state index contributed by atoms with van der Waals surface area (Å²) in [6.45, 7) is 3.99. The second-order valence-electron chi connectivity index (χ2n) is 12.7. The minimum absolute atomic E-state index is 0.103. The second kappa shape index (κ2) is 13.7. The number of carbonyl (C=O) groups is 1. The maximum Gasteiger partial charge on any atom is 0.150 e. The van der Waals surface area contributed by atoms with Gasteiger partial charge in [-0.15, -0.1) is 0 Å². The largest absolute Gasteiger partial charge is 0.388 e. The smallest absolute Gasteiger partial charge is 0.150 e. The van der Waals surface area contributed by atoms with Crippen molar-refractivity contribution < 1.29 is 4.79 Å². The van der Waals surface area contributed by atoms with Crippen molar-refractivity contribution in [1.29, 1.82) is 0 Å². The highest BCUT2D eigenvalue weighted by Crippen LogP contribution is 2.44. The fourth-order valence-corrected chi connectivity index (χ4v) is 7.49. The predicted octanol–water partition coefficient (Wildman–Crippen LogP) is 7.52. The lowest BCUT2D eigenvalue weighted by Crippen LogP contribution is -2.21. The molecule has 0 aliphatic rings. The maximum atomic E-state index is 14.5. The first kappa shape index (κ1) is 34.2. The summed E-state index contributed by atoms with van der Waals surface area (Å²) in [6.07, 6.45) is 0. The van der Waals surface area contributed by atoms with Crippen LogP contribution in [0.25, 0.3) is 44.1 Å². The Labute approximate surface area is 293 Å². The van der Waals surface area contributed by atoms with E-state index in [0.717, 1.165) is 89.6 Å². The van der Waals surface area contributed by atoms with Crippen molar-refractivity contribution in [3.8, 4) is 22.3 Å². The van der Waals surface area contributed by atoms with E-state index in [1.54, 1.807) is 0 Å². The topological polar surface area (TPSA) is 125 Å². The van der Waals surface area contributed by atoms with Gasteiger partial charge in [-0.05, 0) is 38.1 Å². The van der Waals surface area contributed by atoms with E-state index >= 15 is 0 Å². The maximum absolute atomic E-state index is 14.5. The molecule has 11 heteroatoms. The van der Waals surface area contributed by atoms with Crippen molar-refractivity contribution in [2.75, 3.05) is 74.2 Å². The Bertz CT molecular complexity index is 2020. The molecule has 0 aliphatic carbocycles. The normalized spacial score (nSPS) is 12.5. The zero-order chi connectivity index (χ0) is 35.9. The van der Waals surface area contributed by atoms with Crippen LogP contribution in [0.4, 0.5) is 34.1 Å². The molecule has 2 unspecified atom stereocenters. The molecule has 0 radical (unpaired) electrons. The fraction of sp³-hybridized carbons (Fsp3) is 0.308. The third-order valence-corrected chi connectivity index (χ3v) is 9.97. The summed E-state index contributed by atoms with van der Waals surface area (Å²) in [5.41, 5.74) is 13.4. The molecular formula is C39H48N10O. The quantitative estimate of drug-likeness (QED) is 0.0783. The van der Waals surface area contributed by atoms with Gasteiger partial charge in [-0.25, -0.2) is 0 Å². The summed E-state index contributed by atoms with van der Waals surface area (Å²) >= 11 is 0. The average Bonchev–Trinajstić information content (AvgIpc) is 3.67. The third kappa shape index (κ3) is 5.52. The lowest BCUT2D eigenvalue weighted by Gasteiger charge is -2.19. The van der Waals surface area contributed by atoms with Gasteiger partial charge in [0, 0.05) is 124 Å². The van der Waals surface area contributed by atoms with E-state index in [9.17, 15) is 4.79 Å². The highest BCUT2D eigenvalue weighted by Gasteiger charge is 2.31. The first-order chi connectivity index (χ1) is 24.1. The van der Waals surface area contributed by atoms with Crippen LogP contribution in [0, 0.1) is 0 Å². The van der Waals surface area contributed by atoms with E-state index in [0.29, 0.717) is 0 Å². The molecule has 4 aromatic carbocycles. The highest BCUT2D eigenvalue weighted by atomic mass is 16.1. The van der Waals surface area contributed by atoms with Crippen LogP contribution in [0.5, 0.6) is 0 Å². The van der Waals surface area contributed by atoms with Crippen molar-refractivity contribution in [2.45, 2.75) is 25.7 Å². The molecule has 260 valence electrons. The van der Waals surface area contributed by atoms with E-state index in [2.05, 4.69) is 80.4 Å². The minimum Gasteiger partial charge on any atom is -0.388 e. The second-order valence-corrected chi connectivity index (χ2v) is 12.7. The van der Waals surface area contributed by atoms with E-state index in [-0.39, 0.29) is 5.78 Å². The first-order valence-electron chi connectivity index (χ1n) is 17.0. The van der Waals surface area contributed by atoms with Crippen LogP contribution in [0.1, 0.15) is 37.1 Å². The van der Waals surface area contributed by atoms with Gasteiger partial charge in [-0.3, -0.25) is 14.2 Å². The van der Waals surface area contributed by atoms with Crippen molar-refractivity contribution in [1.82, 2.24) is 19.6 Å². The van der Waals surface area contributed by atoms with Gasteiger partial charge in [0.05, 0.1) is 23.2 Å². The molecule has 0 fully saturated rings. The van der Waals surface area contributed by atoms with Gasteiger partial charge in [-0.1, -0.05) is 36.4 Å². The van der Waals surface area contributed by atoms with Crippen LogP contribution in [-0.2, 0) is 18.9 Å². The lowest BCUT2D eigenvalue weighted by molar-refractivity contribution is -0.121. The number of nitrogens with one attached hydrogen (secondary N) is 6. The molecular weight excluding hydrogens is 624 g/mol. The molecule has 2 aromatic heterocycles. The Morgan fingerprint density at radius 3 is 1.20 bits per heavy atom. The van der Waals surface area contributed by atoms with Crippen molar-refractivity contribution in [3.05, 3.63) is 72.1 Å². The molecule has 0 saturated carbocycles. The highest BCUT2D eigenvalue weighted by molar-refractivity contribution is 6.07. The number of nitrogens with zero attached hydrogens (tertiary/aromatic N) is 4. The molecule has 0 saturated heterocycles. The zero-order valence-corrected chi connectivity index (χ0v) is 30.6. The molecule has 50 heavy (non-hydrogen) atoms. The number of hydrogen-bond donors (Lipinski definition) is 6. The summed E-state index contributed by atoms with van der Waals surface area (Å²) in [7, 11) is 15.4. The molecule has 0 amide bonds. The number of fused-ring (bicyclic) bond motifs is 2. The van der Waals surface area contributed by atoms with Gasteiger partial charge >= 0.3 is 0 Å². The summed E-state index contributed by atoms with van der Waals surface area (Å²) in [4.78, 5) is 14.5. The van der Waals surface area contributed by atoms with Crippen molar-refractivity contribution in [2.24, 2.45) is 14.1 Å². The number of anilines is 6. The van der Waals surface area contributed by atoms with Crippen molar-refractivity contribution in [3.63, 3.8) is 0 Å². The van der Waals surface area contributed by atoms with Crippen LogP contribution in [-0.4, -0.2) is 67.6 Å². The van der Waals surface area contributed by atoms with Crippen LogP contribution >= 0.6 is 0 Å². The third-order valence-electron chi connectivity index (χ3n) is 9.97. The molecule has 0 bridgehead atoms. The number of benzene rings is 4. The lowest BCUT2D eigenvalue weighted by atomic mass is 9.87. The Morgan fingerprint density at radius 1 is 0.560 bits per heavy atom. The number of carbonyl (C=O) groups excluding carboxylic acids is 1. The predicted molar refractivity (Wildman–Crippen MR) is 211 cm³/mol. The molecule has 6 N–H and O–H groups in total. The molecule has 2 atom stereocenters. The van der Waals surface area contributed by atoms with E-state index < -0.39 is 11.8 Å². The average molecular weight is 673 g/mol. The van der Waals surface area contributed by atoms with Gasteiger partial charge < -0.3 is 31.9 Å². The van der Waals surface area contributed by atoms with Gasteiger partial charge in [0.1, 0.15) is 16.8 Å². The number of Topliss-reactive ketones (excluding diaryl/α,β-unsaturated/α-hetero) is 1. The van der Waals surface area contributed by atoms with Crippen LogP contribution in [0.3, 0.4) is 0 Å². The molecule has 6 rings (SSSR count). The van der Waals surface area contributed by atoms with E-state index in [1.807, 2.05) is 91.7 Å². The van der Waals surface area contributed by atoms with Gasteiger partial charge in [-0.2, -0.15) is 10.2 Å². The Kier molecular flexibility index (Phi) is 9.33. The molecule has 2 heterocycles. The van der Waals surface area contributed by atoms with Crippen molar-refractivity contribution >= 4 is 61.7 Å². The number of aryl methyl sites for hydroxylation is 2. The minimum atomic E-state index is -0.427. The number of rotatable bonds is 12. The van der Waals surface area contributed by atoms with Crippen LogP contribution in [0.2, 0.25) is 0 Å².